The van der Waals surface area contributed by atoms with Crippen LogP contribution >= 0.6 is 11.8 Å². The quantitative estimate of drug-likeness (QED) is 0.364. The second-order valence-corrected chi connectivity index (χ2v) is 6.20. The van der Waals surface area contributed by atoms with Gasteiger partial charge in [-0.15, -0.1) is 0 Å². The molecule has 2 aromatic carbocycles. The lowest BCUT2D eigenvalue weighted by Gasteiger charge is -2.10. The van der Waals surface area contributed by atoms with Crippen molar-refractivity contribution < 1.29 is 23.1 Å². The van der Waals surface area contributed by atoms with E-state index in [-0.39, 0.29) is 11.3 Å². The number of halogens is 2. The van der Waals surface area contributed by atoms with Gasteiger partial charge in [-0.25, -0.2) is 18.6 Å². The van der Waals surface area contributed by atoms with Crippen molar-refractivity contribution in [2.45, 2.75) is 5.16 Å². The van der Waals surface area contributed by atoms with Gasteiger partial charge in [0.15, 0.2) is 34.9 Å². The molecule has 0 bridgehead atoms. The molecule has 0 aliphatic carbocycles. The summed E-state index contributed by atoms with van der Waals surface area (Å²) in [5.41, 5.74) is 0.796. The largest absolute Gasteiger partial charge is 0.453 e. The van der Waals surface area contributed by atoms with Gasteiger partial charge in [-0.3, -0.25) is 9.36 Å². The third-order valence-corrected chi connectivity index (χ3v) is 4.36. The second-order valence-electron chi connectivity index (χ2n) is 5.43. The summed E-state index contributed by atoms with van der Waals surface area (Å²) in [6.07, 6.45) is 3.19. The van der Waals surface area contributed by atoms with Crippen LogP contribution in [0, 0.1) is 11.6 Å². The number of thioether (sulfide) groups is 1. The minimum Gasteiger partial charge on any atom is -0.453 e. The maximum absolute atomic E-state index is 13.2. The Morgan fingerprint density at radius 3 is 2.52 bits per heavy atom. The van der Waals surface area contributed by atoms with Crippen LogP contribution in [0.3, 0.4) is 0 Å². The summed E-state index contributed by atoms with van der Waals surface area (Å²) < 4.78 is 32.9. The Morgan fingerprint density at radius 1 is 1.11 bits per heavy atom. The van der Waals surface area contributed by atoms with Crippen LogP contribution in [0.1, 0.15) is 20.8 Å². The van der Waals surface area contributed by atoms with Crippen LogP contribution in [-0.2, 0) is 4.74 Å². The average Bonchev–Trinajstić information content (AvgIpc) is 3.13. The molecule has 0 spiro atoms. The number of rotatable bonds is 6. The third kappa shape index (κ3) is 4.06. The van der Waals surface area contributed by atoms with Crippen molar-refractivity contribution in [1.82, 2.24) is 9.55 Å². The lowest BCUT2D eigenvalue weighted by molar-refractivity contribution is 0.0466. The summed E-state index contributed by atoms with van der Waals surface area (Å²) in [4.78, 5) is 28.7. The van der Waals surface area contributed by atoms with Gasteiger partial charge in [0, 0.05) is 11.3 Å². The zero-order valence-electron chi connectivity index (χ0n) is 14.2. The smallest absolute Gasteiger partial charge is 0.357 e. The van der Waals surface area contributed by atoms with E-state index in [1.165, 1.54) is 18.0 Å². The van der Waals surface area contributed by atoms with Crippen molar-refractivity contribution in [3.05, 3.63) is 77.6 Å². The number of ketones is 1. The molecule has 0 aliphatic rings. The van der Waals surface area contributed by atoms with Gasteiger partial charge < -0.3 is 4.74 Å². The zero-order chi connectivity index (χ0) is 19.4. The molecule has 0 N–H and O–H groups in total. The van der Waals surface area contributed by atoms with E-state index < -0.39 is 30.0 Å². The molecule has 5 nitrogen and oxygen atoms in total. The molecule has 3 aromatic rings. The first kappa shape index (κ1) is 18.8. The number of Topliss-reactive ketones (excluding diaryl/α,β-unsaturated/α-hetero) is 1. The van der Waals surface area contributed by atoms with Crippen LogP contribution in [0.2, 0.25) is 0 Å². The molecular weight excluding hydrogens is 374 g/mol. The Labute approximate surface area is 158 Å². The lowest BCUT2D eigenvalue weighted by atomic mass is 10.1. The molecule has 0 atom stereocenters. The number of esters is 1. The van der Waals surface area contributed by atoms with Gasteiger partial charge in [0.1, 0.15) is 0 Å². The summed E-state index contributed by atoms with van der Waals surface area (Å²) in [6, 6.07) is 11.9. The van der Waals surface area contributed by atoms with Crippen LogP contribution in [-0.4, -0.2) is 34.2 Å². The molecule has 1 heterocycles. The highest BCUT2D eigenvalue weighted by molar-refractivity contribution is 7.98. The van der Waals surface area contributed by atoms with Crippen LogP contribution in [0.5, 0.6) is 0 Å². The van der Waals surface area contributed by atoms with E-state index in [2.05, 4.69) is 4.98 Å². The molecule has 138 valence electrons. The average molecular weight is 388 g/mol. The summed E-state index contributed by atoms with van der Waals surface area (Å²) in [7, 11) is 0. The molecule has 0 radical (unpaired) electrons. The predicted molar refractivity (Wildman–Crippen MR) is 96.3 cm³/mol. The van der Waals surface area contributed by atoms with E-state index in [4.69, 9.17) is 4.74 Å². The fourth-order valence-electron chi connectivity index (χ4n) is 2.41. The lowest BCUT2D eigenvalue weighted by Crippen LogP contribution is -2.17. The molecule has 8 heteroatoms. The van der Waals surface area contributed by atoms with Gasteiger partial charge in [0.2, 0.25) is 0 Å². The molecule has 0 unspecified atom stereocenters. The van der Waals surface area contributed by atoms with Gasteiger partial charge >= 0.3 is 5.97 Å². The number of benzene rings is 2. The van der Waals surface area contributed by atoms with E-state index in [0.29, 0.717) is 5.16 Å². The molecule has 0 saturated carbocycles. The van der Waals surface area contributed by atoms with Crippen LogP contribution in [0.4, 0.5) is 8.78 Å². The summed E-state index contributed by atoms with van der Waals surface area (Å²) in [6.45, 7) is -0.599. The van der Waals surface area contributed by atoms with E-state index in [9.17, 15) is 18.4 Å². The van der Waals surface area contributed by atoms with Crippen LogP contribution in [0.25, 0.3) is 5.69 Å². The number of carbonyl (C=O) groups excluding carboxylic acids is 2. The number of carbonyl (C=O) groups is 2. The fraction of sp³-hybridized carbons (Fsp3) is 0.105. The van der Waals surface area contributed by atoms with Gasteiger partial charge in [0.05, 0.1) is 6.20 Å². The summed E-state index contributed by atoms with van der Waals surface area (Å²) >= 11 is 1.35. The second kappa shape index (κ2) is 8.13. The SMILES string of the molecule is CSc1ncc(C(=O)OCC(=O)c2ccc(F)c(F)c2)n1-c1ccccc1. The van der Waals surface area contributed by atoms with E-state index in [0.717, 1.165) is 23.9 Å². The van der Waals surface area contributed by atoms with Crippen molar-refractivity contribution in [2.24, 2.45) is 0 Å². The van der Waals surface area contributed by atoms with Crippen molar-refractivity contribution in [3.8, 4) is 5.69 Å². The van der Waals surface area contributed by atoms with Crippen LogP contribution < -0.4 is 0 Å². The monoisotopic (exact) mass is 388 g/mol. The first-order valence-electron chi connectivity index (χ1n) is 7.83. The standard InChI is InChI=1S/C19H14F2N2O3S/c1-27-19-22-10-16(23(19)13-5-3-2-4-6-13)18(25)26-11-17(24)12-7-8-14(20)15(21)9-12/h2-10H,11H2,1H3. The zero-order valence-corrected chi connectivity index (χ0v) is 15.0. The van der Waals surface area contributed by atoms with Crippen molar-refractivity contribution >= 4 is 23.5 Å². The number of hydrogen-bond donors (Lipinski definition) is 0. The number of ether oxygens (including phenoxy) is 1. The first-order chi connectivity index (χ1) is 13.0. The van der Waals surface area contributed by atoms with E-state index >= 15 is 0 Å². The third-order valence-electron chi connectivity index (χ3n) is 3.71. The normalized spacial score (nSPS) is 10.6. The minimum atomic E-state index is -1.14. The Kier molecular flexibility index (Phi) is 5.66. The molecule has 0 fully saturated rings. The van der Waals surface area contributed by atoms with E-state index in [1.807, 2.05) is 36.6 Å². The number of imidazole rings is 1. The molecule has 3 rings (SSSR count). The number of hydrogen-bond acceptors (Lipinski definition) is 5. The fourth-order valence-corrected chi connectivity index (χ4v) is 2.95. The molecule has 0 saturated heterocycles. The molecule has 1 aromatic heterocycles. The van der Waals surface area contributed by atoms with Crippen molar-refractivity contribution in [2.75, 3.05) is 12.9 Å². The first-order valence-corrected chi connectivity index (χ1v) is 9.06. The molecule has 0 aliphatic heterocycles. The Morgan fingerprint density at radius 2 is 1.85 bits per heavy atom. The Hall–Kier alpha value is -3.00. The molecular formula is C19H14F2N2O3S. The van der Waals surface area contributed by atoms with Gasteiger partial charge in [-0.2, -0.15) is 0 Å². The Balaban J connectivity index is 1.78. The van der Waals surface area contributed by atoms with Gasteiger partial charge in [-0.05, 0) is 36.6 Å². The van der Waals surface area contributed by atoms with Crippen molar-refractivity contribution in [3.63, 3.8) is 0 Å². The Bertz CT molecular complexity index is 990. The highest BCUT2D eigenvalue weighted by Crippen LogP contribution is 2.22. The molecule has 0 amide bonds. The topological polar surface area (TPSA) is 61.2 Å². The number of aromatic nitrogens is 2. The summed E-state index contributed by atoms with van der Waals surface area (Å²) in [5.74, 6) is -3.58. The number of nitrogens with zero attached hydrogens (tertiary/aromatic N) is 2. The maximum atomic E-state index is 13.2. The van der Waals surface area contributed by atoms with Gasteiger partial charge in [-0.1, -0.05) is 30.0 Å². The van der Waals surface area contributed by atoms with E-state index in [1.54, 1.807) is 4.57 Å². The van der Waals surface area contributed by atoms with Gasteiger partial charge in [0.25, 0.3) is 0 Å². The molecule has 27 heavy (non-hydrogen) atoms. The number of para-hydroxylation sites is 1. The highest BCUT2D eigenvalue weighted by atomic mass is 32.2. The van der Waals surface area contributed by atoms with Crippen molar-refractivity contribution in [1.29, 1.82) is 0 Å². The highest BCUT2D eigenvalue weighted by Gasteiger charge is 2.20. The van der Waals surface area contributed by atoms with Crippen LogP contribution in [0.15, 0.2) is 59.9 Å². The minimum absolute atomic E-state index is 0.0805. The summed E-state index contributed by atoms with van der Waals surface area (Å²) in [5, 5.41) is 0.583. The predicted octanol–water partition coefficient (Wildman–Crippen LogP) is 3.91. The maximum Gasteiger partial charge on any atom is 0.357 e.